The molecule has 1 aromatic rings. The molecule has 1 atom stereocenters. The Morgan fingerprint density at radius 2 is 2.04 bits per heavy atom. The van der Waals surface area contributed by atoms with Crippen LogP contribution in [0.5, 0.6) is 0 Å². The standard InChI is InChI=1S/C18H28N6O3/c1-3-20-18(27)14-10-19-11-17(26)24(14)12-13-6-8-23(9-7-13)15-4-5-16(25)22(2)21-15/h4-5,13-14,19H,3,6-12H2,1-2H3,(H,20,27). The van der Waals surface area contributed by atoms with Crippen LogP contribution in [0.2, 0.25) is 0 Å². The molecule has 2 fully saturated rings. The van der Waals surface area contributed by atoms with E-state index in [1.807, 2.05) is 6.92 Å². The first-order valence-electron chi connectivity index (χ1n) is 9.56. The quantitative estimate of drug-likeness (QED) is 0.679. The third kappa shape index (κ3) is 4.47. The number of nitrogens with zero attached hydrogens (tertiary/aromatic N) is 4. The van der Waals surface area contributed by atoms with Gasteiger partial charge in [-0.05, 0) is 31.7 Å². The number of aromatic nitrogens is 2. The van der Waals surface area contributed by atoms with Crippen LogP contribution in [0.4, 0.5) is 5.82 Å². The Kier molecular flexibility index (Phi) is 6.10. The first-order chi connectivity index (χ1) is 13.0. The van der Waals surface area contributed by atoms with Gasteiger partial charge in [0, 0.05) is 45.8 Å². The SMILES string of the molecule is CCNC(=O)C1CNCC(=O)N1CC1CCN(c2ccc(=O)n(C)n2)CC1. The average Bonchev–Trinajstić information content (AvgIpc) is 2.66. The fraction of sp³-hybridized carbons (Fsp3) is 0.667. The van der Waals surface area contributed by atoms with Crippen molar-refractivity contribution in [3.05, 3.63) is 22.5 Å². The summed E-state index contributed by atoms with van der Waals surface area (Å²) in [5.74, 6) is 1.05. The van der Waals surface area contributed by atoms with Gasteiger partial charge in [0.15, 0.2) is 0 Å². The lowest BCUT2D eigenvalue weighted by Crippen LogP contribution is -2.61. The highest BCUT2D eigenvalue weighted by Gasteiger charge is 2.35. The van der Waals surface area contributed by atoms with Crippen molar-refractivity contribution < 1.29 is 9.59 Å². The Morgan fingerprint density at radius 3 is 2.70 bits per heavy atom. The minimum absolute atomic E-state index is 0.0142. The van der Waals surface area contributed by atoms with Gasteiger partial charge in [0.25, 0.3) is 5.56 Å². The molecule has 0 aromatic carbocycles. The maximum atomic E-state index is 12.4. The number of piperidine rings is 1. The number of nitrogens with one attached hydrogen (secondary N) is 2. The second kappa shape index (κ2) is 8.51. The number of piperazine rings is 1. The molecule has 27 heavy (non-hydrogen) atoms. The summed E-state index contributed by atoms with van der Waals surface area (Å²) < 4.78 is 1.34. The summed E-state index contributed by atoms with van der Waals surface area (Å²) in [6.45, 7) is 5.47. The molecule has 0 aliphatic carbocycles. The second-order valence-electron chi connectivity index (χ2n) is 7.17. The number of hydrogen-bond acceptors (Lipinski definition) is 6. The van der Waals surface area contributed by atoms with Crippen molar-refractivity contribution in [1.82, 2.24) is 25.3 Å². The van der Waals surface area contributed by atoms with Gasteiger partial charge in [-0.25, -0.2) is 4.68 Å². The number of carbonyl (C=O) groups is 2. The maximum absolute atomic E-state index is 12.4. The largest absolute Gasteiger partial charge is 0.355 e. The van der Waals surface area contributed by atoms with E-state index in [2.05, 4.69) is 20.6 Å². The van der Waals surface area contributed by atoms with Gasteiger partial charge in [-0.1, -0.05) is 0 Å². The molecule has 3 heterocycles. The predicted octanol–water partition coefficient (Wildman–Crippen LogP) is -1.07. The minimum atomic E-state index is -0.436. The molecule has 1 unspecified atom stereocenters. The lowest BCUT2D eigenvalue weighted by Gasteiger charge is -2.40. The zero-order valence-corrected chi connectivity index (χ0v) is 16.0. The molecule has 2 aliphatic heterocycles. The van der Waals surface area contributed by atoms with Gasteiger partial charge in [-0.2, -0.15) is 5.10 Å². The van der Waals surface area contributed by atoms with Crippen LogP contribution >= 0.6 is 0 Å². The van der Waals surface area contributed by atoms with Crippen molar-refractivity contribution in [2.24, 2.45) is 13.0 Å². The van der Waals surface area contributed by atoms with Gasteiger partial charge in [0.1, 0.15) is 11.9 Å². The lowest BCUT2D eigenvalue weighted by molar-refractivity contribution is -0.143. The molecular weight excluding hydrogens is 348 g/mol. The summed E-state index contributed by atoms with van der Waals surface area (Å²) >= 11 is 0. The first-order valence-corrected chi connectivity index (χ1v) is 9.56. The van der Waals surface area contributed by atoms with Gasteiger partial charge in [0.2, 0.25) is 11.8 Å². The van der Waals surface area contributed by atoms with Crippen LogP contribution in [0.25, 0.3) is 0 Å². The van der Waals surface area contributed by atoms with Gasteiger partial charge in [-0.3, -0.25) is 14.4 Å². The zero-order valence-electron chi connectivity index (χ0n) is 16.0. The molecule has 0 bridgehead atoms. The van der Waals surface area contributed by atoms with Crippen LogP contribution in [0.3, 0.4) is 0 Å². The van der Waals surface area contributed by atoms with E-state index in [-0.39, 0.29) is 23.9 Å². The predicted molar refractivity (Wildman–Crippen MR) is 101 cm³/mol. The van der Waals surface area contributed by atoms with Crippen molar-refractivity contribution in [2.45, 2.75) is 25.8 Å². The highest BCUT2D eigenvalue weighted by molar-refractivity contribution is 5.89. The number of rotatable bonds is 5. The molecule has 9 nitrogen and oxygen atoms in total. The average molecular weight is 376 g/mol. The van der Waals surface area contributed by atoms with Crippen molar-refractivity contribution in [1.29, 1.82) is 0 Å². The smallest absolute Gasteiger partial charge is 0.266 e. The van der Waals surface area contributed by atoms with Crippen LogP contribution in [-0.4, -0.2) is 71.8 Å². The van der Waals surface area contributed by atoms with Crippen molar-refractivity contribution >= 4 is 17.6 Å². The van der Waals surface area contributed by atoms with Crippen LogP contribution in [0, 0.1) is 5.92 Å². The summed E-state index contributed by atoms with van der Waals surface area (Å²) in [6, 6.07) is 2.85. The molecule has 9 heteroatoms. The van der Waals surface area contributed by atoms with Crippen molar-refractivity contribution in [2.75, 3.05) is 44.2 Å². The summed E-state index contributed by atoms with van der Waals surface area (Å²) in [5, 5.41) is 10.2. The number of likely N-dealkylation sites (N-methyl/N-ethyl adjacent to an activating group) is 1. The number of carbonyl (C=O) groups excluding carboxylic acids is 2. The summed E-state index contributed by atoms with van der Waals surface area (Å²) in [6.07, 6.45) is 1.84. The van der Waals surface area contributed by atoms with Crippen LogP contribution in [0.15, 0.2) is 16.9 Å². The highest BCUT2D eigenvalue weighted by atomic mass is 16.2. The second-order valence-corrected chi connectivity index (χ2v) is 7.17. The van der Waals surface area contributed by atoms with E-state index < -0.39 is 6.04 Å². The summed E-state index contributed by atoms with van der Waals surface area (Å²) in [4.78, 5) is 40.1. The van der Waals surface area contributed by atoms with E-state index >= 15 is 0 Å². The monoisotopic (exact) mass is 376 g/mol. The molecule has 0 saturated carbocycles. The van der Waals surface area contributed by atoms with Gasteiger partial charge in [0.05, 0.1) is 6.54 Å². The Hall–Kier alpha value is -2.42. The highest BCUT2D eigenvalue weighted by Crippen LogP contribution is 2.23. The van der Waals surface area contributed by atoms with Crippen molar-refractivity contribution in [3.8, 4) is 0 Å². The maximum Gasteiger partial charge on any atom is 0.266 e. The molecular formula is C18H28N6O3. The molecule has 2 saturated heterocycles. The number of hydrogen-bond donors (Lipinski definition) is 2. The van der Waals surface area contributed by atoms with E-state index in [1.54, 1.807) is 18.0 Å². The van der Waals surface area contributed by atoms with Crippen molar-refractivity contribution in [3.63, 3.8) is 0 Å². The van der Waals surface area contributed by atoms with Gasteiger partial charge < -0.3 is 20.4 Å². The lowest BCUT2D eigenvalue weighted by atomic mass is 9.95. The Labute approximate surface area is 158 Å². The molecule has 0 radical (unpaired) electrons. The molecule has 2 amide bonds. The topological polar surface area (TPSA) is 99.6 Å². The Bertz CT molecular complexity index is 741. The Morgan fingerprint density at radius 1 is 1.30 bits per heavy atom. The summed E-state index contributed by atoms with van der Waals surface area (Å²) in [5.41, 5.74) is -0.123. The van der Waals surface area contributed by atoms with E-state index in [0.717, 1.165) is 31.7 Å². The summed E-state index contributed by atoms with van der Waals surface area (Å²) in [7, 11) is 1.65. The molecule has 1 aromatic heterocycles. The van der Waals surface area contributed by atoms with Gasteiger partial charge in [-0.15, -0.1) is 0 Å². The molecule has 3 rings (SSSR count). The fourth-order valence-corrected chi connectivity index (χ4v) is 3.74. The van der Waals surface area contributed by atoms with Crippen LogP contribution in [-0.2, 0) is 16.6 Å². The zero-order chi connectivity index (χ0) is 19.4. The molecule has 2 aliphatic rings. The first kappa shape index (κ1) is 19.3. The minimum Gasteiger partial charge on any atom is -0.355 e. The Balaban J connectivity index is 1.59. The molecule has 2 N–H and O–H groups in total. The fourth-order valence-electron chi connectivity index (χ4n) is 3.74. The van der Waals surface area contributed by atoms with E-state index in [0.29, 0.717) is 25.6 Å². The van der Waals surface area contributed by atoms with E-state index in [9.17, 15) is 14.4 Å². The number of aryl methyl sites for hydroxylation is 1. The number of amides is 2. The molecule has 148 valence electrons. The van der Waals surface area contributed by atoms with E-state index in [1.165, 1.54) is 10.7 Å². The molecule has 0 spiro atoms. The normalized spacial score (nSPS) is 21.4. The van der Waals surface area contributed by atoms with Crippen LogP contribution in [0.1, 0.15) is 19.8 Å². The van der Waals surface area contributed by atoms with Gasteiger partial charge >= 0.3 is 0 Å². The van der Waals surface area contributed by atoms with E-state index in [4.69, 9.17) is 0 Å². The number of anilines is 1. The third-order valence-electron chi connectivity index (χ3n) is 5.30. The van der Waals surface area contributed by atoms with Crippen LogP contribution < -0.4 is 21.1 Å². The third-order valence-corrected chi connectivity index (χ3v) is 5.30.